The normalized spacial score (nSPS) is 10.5. The molecular formula is C9H11N3S. The number of hydrogen-bond donors (Lipinski definition) is 2. The molecule has 2 aromatic heterocycles. The standard InChI is InChI=1S/C9H11N3S/c1-10-6-9-7(3-5-13-9)8-2-4-11-12-8/h2-5,10H,6H2,1H3,(H,11,12). The minimum Gasteiger partial charge on any atom is -0.315 e. The summed E-state index contributed by atoms with van der Waals surface area (Å²) in [6.07, 6.45) is 1.77. The van der Waals surface area contributed by atoms with Crippen LogP contribution in [0.3, 0.4) is 0 Å². The first-order valence-electron chi connectivity index (χ1n) is 4.12. The van der Waals surface area contributed by atoms with E-state index in [0.29, 0.717) is 0 Å². The first kappa shape index (κ1) is 8.47. The first-order chi connectivity index (χ1) is 6.42. The van der Waals surface area contributed by atoms with Gasteiger partial charge in [0.25, 0.3) is 0 Å². The van der Waals surface area contributed by atoms with E-state index in [4.69, 9.17) is 0 Å². The summed E-state index contributed by atoms with van der Waals surface area (Å²) in [7, 11) is 1.95. The number of hydrogen-bond acceptors (Lipinski definition) is 3. The van der Waals surface area contributed by atoms with Crippen LogP contribution in [0.25, 0.3) is 11.3 Å². The predicted octanol–water partition coefficient (Wildman–Crippen LogP) is 1.86. The molecule has 0 aliphatic carbocycles. The Bertz CT molecular complexity index is 364. The molecule has 2 rings (SSSR count). The van der Waals surface area contributed by atoms with Crippen LogP contribution in [-0.4, -0.2) is 17.2 Å². The zero-order chi connectivity index (χ0) is 9.10. The van der Waals surface area contributed by atoms with Gasteiger partial charge in [-0.2, -0.15) is 5.10 Å². The zero-order valence-electron chi connectivity index (χ0n) is 7.37. The molecule has 0 bridgehead atoms. The van der Waals surface area contributed by atoms with E-state index in [-0.39, 0.29) is 0 Å². The summed E-state index contributed by atoms with van der Waals surface area (Å²) >= 11 is 1.76. The minimum absolute atomic E-state index is 0.909. The molecule has 13 heavy (non-hydrogen) atoms. The van der Waals surface area contributed by atoms with Gasteiger partial charge in [0.05, 0.1) is 5.69 Å². The maximum atomic E-state index is 3.94. The van der Waals surface area contributed by atoms with Crippen LogP contribution in [0.5, 0.6) is 0 Å². The molecule has 0 atom stereocenters. The zero-order valence-corrected chi connectivity index (χ0v) is 8.19. The molecule has 68 valence electrons. The largest absolute Gasteiger partial charge is 0.315 e. The Kier molecular flexibility index (Phi) is 2.42. The van der Waals surface area contributed by atoms with Gasteiger partial charge < -0.3 is 5.32 Å². The van der Waals surface area contributed by atoms with Gasteiger partial charge >= 0.3 is 0 Å². The minimum atomic E-state index is 0.909. The van der Waals surface area contributed by atoms with Gasteiger partial charge in [-0.05, 0) is 24.6 Å². The van der Waals surface area contributed by atoms with Crippen molar-refractivity contribution in [3.05, 3.63) is 28.6 Å². The molecule has 0 fully saturated rings. The van der Waals surface area contributed by atoms with E-state index < -0.39 is 0 Å². The molecule has 0 aromatic carbocycles. The van der Waals surface area contributed by atoms with E-state index in [1.54, 1.807) is 17.5 Å². The van der Waals surface area contributed by atoms with Crippen LogP contribution < -0.4 is 5.32 Å². The van der Waals surface area contributed by atoms with Crippen molar-refractivity contribution in [1.82, 2.24) is 15.5 Å². The molecule has 0 aliphatic rings. The molecule has 4 heteroatoms. The molecular weight excluding hydrogens is 182 g/mol. The lowest BCUT2D eigenvalue weighted by molar-refractivity contribution is 0.832. The molecule has 0 spiro atoms. The summed E-state index contributed by atoms with van der Waals surface area (Å²) in [4.78, 5) is 1.34. The van der Waals surface area contributed by atoms with Gasteiger partial charge in [0.15, 0.2) is 0 Å². The van der Waals surface area contributed by atoms with Crippen LogP contribution in [0.15, 0.2) is 23.7 Å². The molecule has 3 nitrogen and oxygen atoms in total. The third kappa shape index (κ3) is 1.64. The Balaban J connectivity index is 2.35. The van der Waals surface area contributed by atoms with Gasteiger partial charge in [-0.25, -0.2) is 0 Å². The van der Waals surface area contributed by atoms with Crippen molar-refractivity contribution < 1.29 is 0 Å². The fraction of sp³-hybridized carbons (Fsp3) is 0.222. The van der Waals surface area contributed by atoms with Gasteiger partial charge in [-0.1, -0.05) is 0 Å². The van der Waals surface area contributed by atoms with Crippen LogP contribution in [0.2, 0.25) is 0 Å². The Morgan fingerprint density at radius 2 is 2.46 bits per heavy atom. The smallest absolute Gasteiger partial charge is 0.0661 e. The Morgan fingerprint density at radius 1 is 1.54 bits per heavy atom. The fourth-order valence-corrected chi connectivity index (χ4v) is 2.18. The highest BCUT2D eigenvalue weighted by Crippen LogP contribution is 2.26. The van der Waals surface area contributed by atoms with E-state index in [2.05, 4.69) is 27.0 Å². The van der Waals surface area contributed by atoms with Crippen molar-refractivity contribution in [2.75, 3.05) is 7.05 Å². The lowest BCUT2D eigenvalue weighted by Crippen LogP contribution is -2.04. The molecule has 0 radical (unpaired) electrons. The highest BCUT2D eigenvalue weighted by molar-refractivity contribution is 7.10. The Labute approximate surface area is 80.8 Å². The summed E-state index contributed by atoms with van der Waals surface area (Å²) < 4.78 is 0. The molecule has 0 amide bonds. The summed E-state index contributed by atoms with van der Waals surface area (Å²) in [5.74, 6) is 0. The molecule has 0 saturated heterocycles. The highest BCUT2D eigenvalue weighted by atomic mass is 32.1. The second kappa shape index (κ2) is 3.72. The summed E-state index contributed by atoms with van der Waals surface area (Å²) in [5, 5.41) is 12.2. The quantitative estimate of drug-likeness (QED) is 0.781. The Hall–Kier alpha value is -1.13. The Morgan fingerprint density at radius 3 is 3.15 bits per heavy atom. The number of nitrogens with zero attached hydrogens (tertiary/aromatic N) is 1. The van der Waals surface area contributed by atoms with Crippen molar-refractivity contribution in [3.63, 3.8) is 0 Å². The highest BCUT2D eigenvalue weighted by Gasteiger charge is 2.06. The topological polar surface area (TPSA) is 40.7 Å². The molecule has 0 unspecified atom stereocenters. The van der Waals surface area contributed by atoms with Crippen LogP contribution in [0.1, 0.15) is 4.88 Å². The van der Waals surface area contributed by atoms with Crippen LogP contribution in [0.4, 0.5) is 0 Å². The summed E-state index contributed by atoms with van der Waals surface area (Å²) in [6.45, 7) is 0.909. The monoisotopic (exact) mass is 193 g/mol. The third-order valence-electron chi connectivity index (χ3n) is 1.87. The summed E-state index contributed by atoms with van der Waals surface area (Å²) in [6, 6.07) is 4.10. The maximum Gasteiger partial charge on any atom is 0.0661 e. The second-order valence-electron chi connectivity index (χ2n) is 2.76. The predicted molar refractivity (Wildman–Crippen MR) is 54.7 cm³/mol. The average Bonchev–Trinajstić information content (AvgIpc) is 2.71. The van der Waals surface area contributed by atoms with Crippen molar-refractivity contribution in [2.24, 2.45) is 0 Å². The van der Waals surface area contributed by atoms with Crippen LogP contribution >= 0.6 is 11.3 Å². The molecule has 2 aromatic rings. The van der Waals surface area contributed by atoms with Gasteiger partial charge in [0, 0.05) is 23.2 Å². The number of thiophene rings is 1. The number of aromatic amines is 1. The van der Waals surface area contributed by atoms with E-state index in [1.165, 1.54) is 10.4 Å². The van der Waals surface area contributed by atoms with Gasteiger partial charge in [-0.3, -0.25) is 5.10 Å². The SMILES string of the molecule is CNCc1sccc1-c1ccn[nH]1. The van der Waals surface area contributed by atoms with Crippen molar-refractivity contribution in [3.8, 4) is 11.3 Å². The third-order valence-corrected chi connectivity index (χ3v) is 2.79. The molecule has 2 N–H and O–H groups in total. The van der Waals surface area contributed by atoms with Crippen LogP contribution in [0, 0.1) is 0 Å². The second-order valence-corrected chi connectivity index (χ2v) is 3.76. The van der Waals surface area contributed by atoms with Crippen LogP contribution in [-0.2, 0) is 6.54 Å². The van der Waals surface area contributed by atoms with Crippen molar-refractivity contribution in [1.29, 1.82) is 0 Å². The average molecular weight is 193 g/mol. The maximum absolute atomic E-state index is 3.94. The lowest BCUT2D eigenvalue weighted by Gasteiger charge is -1.99. The van der Waals surface area contributed by atoms with E-state index in [1.807, 2.05) is 13.1 Å². The van der Waals surface area contributed by atoms with Gasteiger partial charge in [-0.15, -0.1) is 11.3 Å². The number of rotatable bonds is 3. The van der Waals surface area contributed by atoms with Crippen molar-refractivity contribution in [2.45, 2.75) is 6.54 Å². The fourth-order valence-electron chi connectivity index (χ4n) is 1.28. The van der Waals surface area contributed by atoms with E-state index >= 15 is 0 Å². The van der Waals surface area contributed by atoms with Crippen molar-refractivity contribution >= 4 is 11.3 Å². The molecule has 0 saturated carbocycles. The number of H-pyrrole nitrogens is 1. The number of nitrogens with one attached hydrogen (secondary N) is 2. The number of aromatic nitrogens is 2. The van der Waals surface area contributed by atoms with E-state index in [9.17, 15) is 0 Å². The van der Waals surface area contributed by atoms with E-state index in [0.717, 1.165) is 12.2 Å². The van der Waals surface area contributed by atoms with Gasteiger partial charge in [0.2, 0.25) is 0 Å². The molecule has 0 aliphatic heterocycles. The first-order valence-corrected chi connectivity index (χ1v) is 5.00. The van der Waals surface area contributed by atoms with Gasteiger partial charge in [0.1, 0.15) is 0 Å². The molecule has 2 heterocycles. The summed E-state index contributed by atoms with van der Waals surface area (Å²) in [5.41, 5.74) is 2.34. The lowest BCUT2D eigenvalue weighted by atomic mass is 10.2.